The van der Waals surface area contributed by atoms with Gasteiger partial charge in [0.15, 0.2) is 5.65 Å². The fraction of sp³-hybridized carbons (Fsp3) is 0.500. The highest BCUT2D eigenvalue weighted by Gasteiger charge is 2.38. The molecule has 2 fully saturated rings. The summed E-state index contributed by atoms with van der Waals surface area (Å²) >= 11 is 12.6. The molecule has 0 bridgehead atoms. The lowest BCUT2D eigenvalue weighted by atomic mass is 9.73. The SMILES string of the molecule is C[C@]1(C(N)=O)CC[C@@H](n2c(Nc3c(Cl)cc(F)cc3Cl)nc3cnc(N[C@H]4CC[C@H](O)C4)nc32)CC1. The molecular formula is C24H28Cl2FN7O2. The summed E-state index contributed by atoms with van der Waals surface area (Å²) in [5.74, 6) is 0.0497. The number of hydrogen-bond acceptors (Lipinski definition) is 7. The molecule has 9 nitrogen and oxygen atoms in total. The van der Waals surface area contributed by atoms with Crippen LogP contribution in [-0.4, -0.2) is 42.7 Å². The molecule has 2 aliphatic rings. The Morgan fingerprint density at radius 1 is 1.19 bits per heavy atom. The number of amides is 1. The third kappa shape index (κ3) is 4.81. The number of nitrogens with two attached hydrogens (primary N) is 1. The molecule has 3 aromatic rings. The summed E-state index contributed by atoms with van der Waals surface area (Å²) in [4.78, 5) is 25.9. The van der Waals surface area contributed by atoms with Gasteiger partial charge in [0.05, 0.1) is 28.0 Å². The largest absolute Gasteiger partial charge is 0.393 e. The van der Waals surface area contributed by atoms with Gasteiger partial charge in [-0.2, -0.15) is 4.98 Å². The van der Waals surface area contributed by atoms with Crippen LogP contribution in [0.15, 0.2) is 18.3 Å². The first-order valence-electron chi connectivity index (χ1n) is 12.0. The van der Waals surface area contributed by atoms with E-state index in [1.54, 1.807) is 6.20 Å². The summed E-state index contributed by atoms with van der Waals surface area (Å²) in [7, 11) is 0. The van der Waals surface area contributed by atoms with E-state index in [9.17, 15) is 14.3 Å². The Hall–Kier alpha value is -2.69. The number of nitrogens with one attached hydrogen (secondary N) is 2. The van der Waals surface area contributed by atoms with E-state index >= 15 is 0 Å². The van der Waals surface area contributed by atoms with Crippen molar-refractivity contribution in [2.75, 3.05) is 10.6 Å². The molecule has 1 aromatic carbocycles. The Bertz CT molecular complexity index is 1290. The number of carbonyl (C=O) groups is 1. The highest BCUT2D eigenvalue weighted by Crippen LogP contribution is 2.43. The maximum atomic E-state index is 13.8. The van der Waals surface area contributed by atoms with Gasteiger partial charge < -0.3 is 21.5 Å². The van der Waals surface area contributed by atoms with Gasteiger partial charge in [0.25, 0.3) is 0 Å². The van der Waals surface area contributed by atoms with Gasteiger partial charge in [0, 0.05) is 17.5 Å². The average molecular weight is 536 g/mol. The van der Waals surface area contributed by atoms with Crippen LogP contribution in [0.4, 0.5) is 22.0 Å². The number of fused-ring (bicyclic) bond motifs is 1. The van der Waals surface area contributed by atoms with Crippen LogP contribution in [0.2, 0.25) is 10.0 Å². The second-order valence-electron chi connectivity index (χ2n) is 10.0. The van der Waals surface area contributed by atoms with E-state index in [1.165, 1.54) is 12.1 Å². The van der Waals surface area contributed by atoms with Crippen LogP contribution >= 0.6 is 23.2 Å². The molecule has 2 saturated carbocycles. The van der Waals surface area contributed by atoms with Crippen LogP contribution in [0, 0.1) is 11.2 Å². The van der Waals surface area contributed by atoms with Crippen LogP contribution in [0.3, 0.4) is 0 Å². The minimum Gasteiger partial charge on any atom is -0.393 e. The predicted molar refractivity (Wildman–Crippen MR) is 137 cm³/mol. The number of anilines is 3. The Balaban J connectivity index is 1.53. The average Bonchev–Trinajstić information content (AvgIpc) is 3.39. The molecule has 0 aliphatic heterocycles. The van der Waals surface area contributed by atoms with Crippen molar-refractivity contribution in [3.8, 4) is 0 Å². The normalized spacial score (nSPS) is 26.3. The van der Waals surface area contributed by atoms with Crippen molar-refractivity contribution in [3.63, 3.8) is 0 Å². The quantitative estimate of drug-likeness (QED) is 0.351. The Morgan fingerprint density at radius 2 is 1.89 bits per heavy atom. The fourth-order valence-corrected chi connectivity index (χ4v) is 5.74. The Labute approximate surface area is 217 Å². The molecular weight excluding hydrogens is 508 g/mol. The van der Waals surface area contributed by atoms with Gasteiger partial charge in [-0.25, -0.2) is 14.4 Å². The first-order valence-corrected chi connectivity index (χ1v) is 12.8. The number of hydrogen-bond donors (Lipinski definition) is 4. The fourth-order valence-electron chi connectivity index (χ4n) is 5.18. The first-order chi connectivity index (χ1) is 17.1. The zero-order valence-corrected chi connectivity index (χ0v) is 21.3. The number of rotatable bonds is 6. The van der Waals surface area contributed by atoms with Crippen LogP contribution in [0.1, 0.15) is 57.9 Å². The van der Waals surface area contributed by atoms with Crippen molar-refractivity contribution in [1.29, 1.82) is 0 Å². The number of carbonyl (C=O) groups excluding carboxylic acids is 1. The van der Waals surface area contributed by atoms with E-state index in [4.69, 9.17) is 38.9 Å². The summed E-state index contributed by atoms with van der Waals surface area (Å²) in [6.07, 6.45) is 6.17. The number of nitrogens with zero attached hydrogens (tertiary/aromatic N) is 4. The van der Waals surface area contributed by atoms with E-state index in [1.807, 2.05) is 11.5 Å². The lowest BCUT2D eigenvalue weighted by Gasteiger charge is -2.35. The molecule has 2 heterocycles. The molecule has 192 valence electrons. The molecule has 36 heavy (non-hydrogen) atoms. The third-order valence-corrected chi connectivity index (χ3v) is 8.03. The lowest BCUT2D eigenvalue weighted by molar-refractivity contribution is -0.128. The predicted octanol–water partition coefficient (Wildman–Crippen LogP) is 4.95. The maximum Gasteiger partial charge on any atom is 0.224 e. The topological polar surface area (TPSA) is 131 Å². The van der Waals surface area contributed by atoms with E-state index < -0.39 is 11.2 Å². The molecule has 0 spiro atoms. The highest BCUT2D eigenvalue weighted by atomic mass is 35.5. The van der Waals surface area contributed by atoms with Gasteiger partial charge in [-0.15, -0.1) is 0 Å². The van der Waals surface area contributed by atoms with Crippen LogP contribution < -0.4 is 16.4 Å². The second kappa shape index (κ2) is 9.64. The molecule has 2 aromatic heterocycles. The van der Waals surface area contributed by atoms with Gasteiger partial charge in [0.2, 0.25) is 17.8 Å². The molecule has 5 rings (SSSR count). The van der Waals surface area contributed by atoms with Gasteiger partial charge in [0.1, 0.15) is 11.3 Å². The molecule has 0 radical (unpaired) electrons. The first kappa shape index (κ1) is 25.0. The van der Waals surface area contributed by atoms with Gasteiger partial charge in [-0.3, -0.25) is 9.36 Å². The number of imidazole rings is 1. The zero-order valence-electron chi connectivity index (χ0n) is 19.8. The Kier molecular flexibility index (Phi) is 6.69. The van der Waals surface area contributed by atoms with E-state index in [-0.39, 0.29) is 34.1 Å². The van der Waals surface area contributed by atoms with Crippen molar-refractivity contribution in [2.45, 2.75) is 70.1 Å². The highest BCUT2D eigenvalue weighted by molar-refractivity contribution is 6.39. The lowest BCUT2D eigenvalue weighted by Crippen LogP contribution is -2.38. The van der Waals surface area contributed by atoms with E-state index in [0.717, 1.165) is 12.8 Å². The van der Waals surface area contributed by atoms with Crippen molar-refractivity contribution in [1.82, 2.24) is 19.5 Å². The van der Waals surface area contributed by atoms with Crippen molar-refractivity contribution in [3.05, 3.63) is 34.2 Å². The number of aliphatic hydroxyl groups is 1. The third-order valence-electron chi connectivity index (χ3n) is 7.43. The van der Waals surface area contributed by atoms with Gasteiger partial charge in [-0.05, 0) is 57.1 Å². The number of aromatic nitrogens is 4. The monoisotopic (exact) mass is 535 g/mol. The maximum absolute atomic E-state index is 13.8. The van der Waals surface area contributed by atoms with Crippen molar-refractivity contribution >= 4 is 57.9 Å². The number of aliphatic hydroxyl groups excluding tert-OH is 1. The summed E-state index contributed by atoms with van der Waals surface area (Å²) in [5.41, 5.74) is 6.61. The molecule has 0 unspecified atom stereocenters. The molecule has 1 amide bonds. The van der Waals surface area contributed by atoms with Gasteiger partial charge >= 0.3 is 0 Å². The molecule has 0 saturated heterocycles. The summed E-state index contributed by atoms with van der Waals surface area (Å²) in [5, 5.41) is 16.6. The van der Waals surface area contributed by atoms with Crippen molar-refractivity contribution in [2.24, 2.45) is 11.1 Å². The zero-order chi connectivity index (χ0) is 25.6. The minimum atomic E-state index is -0.560. The second-order valence-corrected chi connectivity index (χ2v) is 10.9. The number of benzene rings is 1. The Morgan fingerprint density at radius 3 is 2.50 bits per heavy atom. The van der Waals surface area contributed by atoms with Crippen LogP contribution in [0.25, 0.3) is 11.2 Å². The number of primary amides is 1. The molecule has 12 heteroatoms. The van der Waals surface area contributed by atoms with Crippen molar-refractivity contribution < 1.29 is 14.3 Å². The van der Waals surface area contributed by atoms with E-state index in [2.05, 4.69) is 15.6 Å². The summed E-state index contributed by atoms with van der Waals surface area (Å²) < 4.78 is 15.7. The molecule has 2 aliphatic carbocycles. The van der Waals surface area contributed by atoms with Crippen LogP contribution in [0.5, 0.6) is 0 Å². The number of halogens is 3. The molecule has 5 N–H and O–H groups in total. The smallest absolute Gasteiger partial charge is 0.224 e. The van der Waals surface area contributed by atoms with Gasteiger partial charge in [-0.1, -0.05) is 30.1 Å². The summed E-state index contributed by atoms with van der Waals surface area (Å²) in [6.45, 7) is 1.90. The van der Waals surface area contributed by atoms with Crippen LogP contribution in [-0.2, 0) is 4.79 Å². The minimum absolute atomic E-state index is 0.0287. The molecule has 2 atom stereocenters. The van der Waals surface area contributed by atoms with E-state index in [0.29, 0.717) is 60.9 Å². The standard InChI is InChI=1S/C24H28Cl2FN7O2/c1-24(21(28)36)6-4-14(5-7-24)34-20-18(11-29-22(33-20)30-13-2-3-15(35)10-13)31-23(34)32-19-16(25)8-12(27)9-17(19)26/h8-9,11,13-15,35H,2-7,10H2,1H3,(H2,28,36)(H,31,32)(H,29,30,33)/t13-,14-,15-,24+/m0/s1. The summed E-state index contributed by atoms with van der Waals surface area (Å²) in [6, 6.07) is 2.42.